The standard InChI is InChI=1S/C27H26N2O2S2/c1-2-3-10-21-15-17-22(18-16-21)19-20-33(30,31)29-27-28-25(23-11-6-4-7-12-23)26(32-27)24-13-8-5-9-14-24/h4-9,11-20H,2-3,10H2,1H3,(H,28,29)/b20-19+. The van der Waals surface area contributed by atoms with Crippen LogP contribution in [0.2, 0.25) is 0 Å². The first-order valence-corrected chi connectivity index (χ1v) is 13.3. The average molecular weight is 475 g/mol. The fourth-order valence-corrected chi connectivity index (χ4v) is 5.49. The third kappa shape index (κ3) is 6.18. The van der Waals surface area contributed by atoms with Crippen molar-refractivity contribution < 1.29 is 8.42 Å². The molecule has 168 valence electrons. The molecule has 0 unspecified atom stereocenters. The highest BCUT2D eigenvalue weighted by molar-refractivity contribution is 7.95. The number of aryl methyl sites for hydroxylation is 1. The van der Waals surface area contributed by atoms with Gasteiger partial charge in [0.2, 0.25) is 0 Å². The molecule has 6 heteroatoms. The minimum atomic E-state index is -3.71. The van der Waals surface area contributed by atoms with Crippen LogP contribution in [0.3, 0.4) is 0 Å². The molecule has 0 aliphatic carbocycles. The molecule has 33 heavy (non-hydrogen) atoms. The molecule has 1 aromatic heterocycles. The molecule has 1 N–H and O–H groups in total. The van der Waals surface area contributed by atoms with E-state index in [9.17, 15) is 8.42 Å². The number of benzene rings is 3. The van der Waals surface area contributed by atoms with Gasteiger partial charge in [-0.25, -0.2) is 13.4 Å². The Kier molecular flexibility index (Phi) is 7.37. The molecule has 0 radical (unpaired) electrons. The predicted octanol–water partition coefficient (Wildman–Crippen LogP) is 7.23. The summed E-state index contributed by atoms with van der Waals surface area (Å²) in [5, 5.41) is 1.53. The number of thiazole rings is 1. The van der Waals surface area contributed by atoms with Crippen LogP contribution in [0.25, 0.3) is 27.8 Å². The Morgan fingerprint density at radius 1 is 0.879 bits per heavy atom. The van der Waals surface area contributed by atoms with Crippen LogP contribution in [0.4, 0.5) is 5.13 Å². The molecule has 0 saturated heterocycles. The molecule has 4 nitrogen and oxygen atoms in total. The molecule has 3 aromatic carbocycles. The van der Waals surface area contributed by atoms with Gasteiger partial charge in [0.1, 0.15) is 0 Å². The van der Waals surface area contributed by atoms with E-state index < -0.39 is 10.0 Å². The maximum absolute atomic E-state index is 12.7. The zero-order chi connectivity index (χ0) is 23.1. The van der Waals surface area contributed by atoms with E-state index in [-0.39, 0.29) is 0 Å². The van der Waals surface area contributed by atoms with Gasteiger partial charge in [-0.1, -0.05) is 110 Å². The van der Waals surface area contributed by atoms with E-state index in [0.717, 1.165) is 46.5 Å². The van der Waals surface area contributed by atoms with Gasteiger partial charge in [-0.3, -0.25) is 4.72 Å². The van der Waals surface area contributed by atoms with Gasteiger partial charge in [-0.05, 0) is 35.6 Å². The van der Waals surface area contributed by atoms with Crippen LogP contribution in [-0.2, 0) is 16.4 Å². The Labute approximate surface area is 199 Å². The summed E-state index contributed by atoms with van der Waals surface area (Å²) >= 11 is 1.33. The summed E-state index contributed by atoms with van der Waals surface area (Å²) in [5.74, 6) is 0. The first kappa shape index (κ1) is 23.0. The number of unbranched alkanes of at least 4 members (excludes halogenated alkanes) is 1. The van der Waals surface area contributed by atoms with E-state index in [4.69, 9.17) is 0 Å². The summed E-state index contributed by atoms with van der Waals surface area (Å²) in [6.45, 7) is 2.17. The smallest absolute Gasteiger partial charge is 0.255 e. The van der Waals surface area contributed by atoms with E-state index in [1.165, 1.54) is 22.3 Å². The quantitative estimate of drug-likeness (QED) is 0.278. The van der Waals surface area contributed by atoms with Crippen LogP contribution in [-0.4, -0.2) is 13.4 Å². The number of hydrogen-bond donors (Lipinski definition) is 1. The number of rotatable bonds is 9. The highest BCUT2D eigenvalue weighted by atomic mass is 32.2. The van der Waals surface area contributed by atoms with Crippen molar-refractivity contribution in [1.82, 2.24) is 4.98 Å². The highest BCUT2D eigenvalue weighted by Gasteiger charge is 2.17. The first-order chi connectivity index (χ1) is 16.0. The van der Waals surface area contributed by atoms with Gasteiger partial charge in [0.25, 0.3) is 10.0 Å². The molecule has 1 heterocycles. The lowest BCUT2D eigenvalue weighted by Crippen LogP contribution is -2.08. The molecule has 0 aliphatic rings. The second-order valence-electron chi connectivity index (χ2n) is 7.72. The van der Waals surface area contributed by atoms with Crippen LogP contribution in [0, 0.1) is 0 Å². The van der Waals surface area contributed by atoms with E-state index in [0.29, 0.717) is 5.13 Å². The minimum Gasteiger partial charge on any atom is -0.255 e. The molecule has 0 saturated carbocycles. The number of sulfonamides is 1. The van der Waals surface area contributed by atoms with Gasteiger partial charge in [0.05, 0.1) is 16.0 Å². The van der Waals surface area contributed by atoms with Crippen molar-refractivity contribution in [2.24, 2.45) is 0 Å². The van der Waals surface area contributed by atoms with Crippen LogP contribution >= 0.6 is 11.3 Å². The van der Waals surface area contributed by atoms with Crippen LogP contribution in [0.5, 0.6) is 0 Å². The Hall–Kier alpha value is -3.22. The molecule has 0 fully saturated rings. The van der Waals surface area contributed by atoms with Gasteiger partial charge >= 0.3 is 0 Å². The van der Waals surface area contributed by atoms with Crippen molar-refractivity contribution in [3.63, 3.8) is 0 Å². The number of hydrogen-bond acceptors (Lipinski definition) is 4. The maximum Gasteiger partial charge on any atom is 0.256 e. The van der Waals surface area contributed by atoms with Gasteiger partial charge in [0, 0.05) is 5.56 Å². The summed E-state index contributed by atoms with van der Waals surface area (Å²) in [7, 11) is -3.71. The van der Waals surface area contributed by atoms with E-state index in [1.54, 1.807) is 6.08 Å². The summed E-state index contributed by atoms with van der Waals surface area (Å²) in [6, 6.07) is 27.7. The summed E-state index contributed by atoms with van der Waals surface area (Å²) in [6.07, 6.45) is 4.95. The van der Waals surface area contributed by atoms with E-state index >= 15 is 0 Å². The fourth-order valence-electron chi connectivity index (χ4n) is 3.44. The monoisotopic (exact) mass is 474 g/mol. The largest absolute Gasteiger partial charge is 0.256 e. The van der Waals surface area contributed by atoms with Crippen molar-refractivity contribution in [3.05, 3.63) is 101 Å². The summed E-state index contributed by atoms with van der Waals surface area (Å²) in [5.41, 5.74) is 4.81. The van der Waals surface area contributed by atoms with Gasteiger partial charge in [-0.2, -0.15) is 0 Å². The lowest BCUT2D eigenvalue weighted by molar-refractivity contribution is 0.609. The Morgan fingerprint density at radius 2 is 1.52 bits per heavy atom. The van der Waals surface area contributed by atoms with Gasteiger partial charge < -0.3 is 0 Å². The number of nitrogens with zero attached hydrogens (tertiary/aromatic N) is 1. The summed E-state index contributed by atoms with van der Waals surface area (Å²) in [4.78, 5) is 5.55. The molecule has 0 amide bonds. The Balaban J connectivity index is 1.56. The first-order valence-electron chi connectivity index (χ1n) is 11.0. The minimum absolute atomic E-state index is 0.340. The molecular weight excluding hydrogens is 448 g/mol. The second-order valence-corrected chi connectivity index (χ2v) is 10.3. The normalized spacial score (nSPS) is 11.7. The zero-order valence-corrected chi connectivity index (χ0v) is 20.1. The van der Waals surface area contributed by atoms with E-state index in [1.807, 2.05) is 72.8 Å². The number of anilines is 1. The maximum atomic E-state index is 12.7. The van der Waals surface area contributed by atoms with Crippen molar-refractivity contribution in [3.8, 4) is 21.7 Å². The highest BCUT2D eigenvalue weighted by Crippen LogP contribution is 2.39. The fraction of sp³-hybridized carbons (Fsp3) is 0.148. The number of aromatic nitrogens is 1. The second kappa shape index (κ2) is 10.6. The third-order valence-electron chi connectivity index (χ3n) is 5.18. The average Bonchev–Trinajstić information content (AvgIpc) is 3.26. The van der Waals surface area contributed by atoms with Crippen LogP contribution < -0.4 is 4.72 Å². The topological polar surface area (TPSA) is 59.1 Å². The summed E-state index contributed by atoms with van der Waals surface area (Å²) < 4.78 is 28.1. The van der Waals surface area contributed by atoms with Crippen molar-refractivity contribution >= 4 is 32.6 Å². The van der Waals surface area contributed by atoms with Crippen molar-refractivity contribution in [2.75, 3.05) is 4.72 Å². The van der Waals surface area contributed by atoms with E-state index in [2.05, 4.69) is 28.8 Å². The Bertz CT molecular complexity index is 1250. The van der Waals surface area contributed by atoms with Crippen molar-refractivity contribution in [2.45, 2.75) is 26.2 Å². The molecule has 0 atom stereocenters. The molecule has 4 aromatic rings. The lowest BCUT2D eigenvalue weighted by atomic mass is 10.1. The zero-order valence-electron chi connectivity index (χ0n) is 18.4. The van der Waals surface area contributed by atoms with Crippen LogP contribution in [0.15, 0.2) is 90.3 Å². The molecule has 4 rings (SSSR count). The molecule has 0 aliphatic heterocycles. The predicted molar refractivity (Wildman–Crippen MR) is 140 cm³/mol. The third-order valence-corrected chi connectivity index (χ3v) is 7.30. The van der Waals surface area contributed by atoms with Crippen LogP contribution in [0.1, 0.15) is 30.9 Å². The van der Waals surface area contributed by atoms with Gasteiger partial charge in [-0.15, -0.1) is 0 Å². The number of nitrogens with one attached hydrogen (secondary N) is 1. The molecule has 0 spiro atoms. The molecule has 0 bridgehead atoms. The van der Waals surface area contributed by atoms with Gasteiger partial charge in [0.15, 0.2) is 5.13 Å². The molecular formula is C27H26N2O2S2. The Morgan fingerprint density at radius 3 is 2.15 bits per heavy atom. The van der Waals surface area contributed by atoms with Crippen molar-refractivity contribution in [1.29, 1.82) is 0 Å². The SMILES string of the molecule is CCCCc1ccc(/C=C/S(=O)(=O)Nc2nc(-c3ccccc3)c(-c3ccccc3)s2)cc1. The lowest BCUT2D eigenvalue weighted by Gasteiger charge is -2.02.